The molecule has 1 fully saturated rings. The van der Waals surface area contributed by atoms with E-state index in [2.05, 4.69) is 24.1 Å². The van der Waals surface area contributed by atoms with Crippen LogP contribution in [0.15, 0.2) is 24.3 Å². The first-order valence-electron chi connectivity index (χ1n) is 8.35. The Morgan fingerprint density at radius 2 is 2.22 bits per heavy atom. The van der Waals surface area contributed by atoms with E-state index in [1.54, 1.807) is 13.2 Å². The molecule has 0 N–H and O–H groups in total. The molecule has 0 unspecified atom stereocenters. The number of ether oxygens (including phenoxy) is 2. The monoisotopic (exact) mass is 311 g/mol. The van der Waals surface area contributed by atoms with Gasteiger partial charge in [-0.2, -0.15) is 0 Å². The van der Waals surface area contributed by atoms with E-state index in [1.165, 1.54) is 11.1 Å². The molecule has 1 spiro atoms. The van der Waals surface area contributed by atoms with Gasteiger partial charge in [-0.1, -0.05) is 12.1 Å². The van der Waals surface area contributed by atoms with Gasteiger partial charge in [-0.25, -0.2) is 0 Å². The Bertz CT molecular complexity index is 770. The summed E-state index contributed by atoms with van der Waals surface area (Å²) in [6, 6.07) is 4.59. The first kappa shape index (κ1) is 13.6. The van der Waals surface area contributed by atoms with Gasteiger partial charge < -0.3 is 14.4 Å². The highest BCUT2D eigenvalue weighted by Gasteiger charge is 2.70. The van der Waals surface area contributed by atoms with Gasteiger partial charge in [-0.3, -0.25) is 4.79 Å². The Balaban J connectivity index is 1.88. The molecule has 1 aromatic rings. The summed E-state index contributed by atoms with van der Waals surface area (Å²) >= 11 is 0. The van der Waals surface area contributed by atoms with Crippen molar-refractivity contribution >= 4 is 5.78 Å². The van der Waals surface area contributed by atoms with Crippen LogP contribution in [0, 0.1) is 5.92 Å². The zero-order valence-corrected chi connectivity index (χ0v) is 13.8. The first-order chi connectivity index (χ1) is 11.0. The number of ketones is 1. The van der Waals surface area contributed by atoms with Crippen LogP contribution in [0.3, 0.4) is 0 Å². The summed E-state index contributed by atoms with van der Waals surface area (Å²) < 4.78 is 11.9. The number of benzene rings is 1. The molecule has 23 heavy (non-hydrogen) atoms. The zero-order valence-electron chi connectivity index (χ0n) is 13.8. The van der Waals surface area contributed by atoms with Gasteiger partial charge in [-0.05, 0) is 51.1 Å². The van der Waals surface area contributed by atoms with Crippen LogP contribution in [0.2, 0.25) is 0 Å². The number of rotatable bonds is 1. The first-order valence-corrected chi connectivity index (χ1v) is 8.35. The molecular formula is C19H21NO3. The molecule has 4 heteroatoms. The lowest BCUT2D eigenvalue weighted by atomic mass is 9.49. The molecule has 0 aromatic heterocycles. The second kappa shape index (κ2) is 3.99. The summed E-state index contributed by atoms with van der Waals surface area (Å²) in [6.45, 7) is 2.99. The van der Waals surface area contributed by atoms with E-state index in [9.17, 15) is 4.79 Å². The van der Waals surface area contributed by atoms with Gasteiger partial charge in [0, 0.05) is 17.5 Å². The van der Waals surface area contributed by atoms with Crippen LogP contribution in [-0.2, 0) is 16.6 Å². The van der Waals surface area contributed by atoms with Gasteiger partial charge in [0.15, 0.2) is 22.9 Å². The molecule has 2 heterocycles. The summed E-state index contributed by atoms with van der Waals surface area (Å²) in [5, 5.41) is 0. The van der Waals surface area contributed by atoms with Crippen molar-refractivity contribution in [1.29, 1.82) is 0 Å². The van der Waals surface area contributed by atoms with Gasteiger partial charge in [0.2, 0.25) is 0 Å². The van der Waals surface area contributed by atoms with Gasteiger partial charge in [0.25, 0.3) is 0 Å². The van der Waals surface area contributed by atoms with E-state index < -0.39 is 5.60 Å². The smallest absolute Gasteiger partial charge is 0.199 e. The minimum absolute atomic E-state index is 0.0863. The van der Waals surface area contributed by atoms with E-state index in [0.29, 0.717) is 12.0 Å². The largest absolute Gasteiger partial charge is 0.493 e. The van der Waals surface area contributed by atoms with Crippen LogP contribution in [0.25, 0.3) is 0 Å². The topological polar surface area (TPSA) is 38.8 Å². The maximum atomic E-state index is 12.9. The molecule has 4 aliphatic rings. The van der Waals surface area contributed by atoms with Crippen LogP contribution in [0.4, 0.5) is 0 Å². The van der Waals surface area contributed by atoms with E-state index in [1.807, 2.05) is 13.0 Å². The SMILES string of the molecule is COc1ccc2c3c1O[C@]1(C)C(=O)C=C[C@@H]4[C@@H](C2)N(C)CC[C@@]341. The van der Waals surface area contributed by atoms with Gasteiger partial charge in [-0.15, -0.1) is 0 Å². The van der Waals surface area contributed by atoms with Crippen LogP contribution >= 0.6 is 0 Å². The van der Waals surface area contributed by atoms with Crippen molar-refractivity contribution in [2.24, 2.45) is 5.92 Å². The third kappa shape index (κ3) is 1.28. The van der Waals surface area contributed by atoms with Gasteiger partial charge >= 0.3 is 0 Å². The zero-order chi connectivity index (χ0) is 16.0. The van der Waals surface area contributed by atoms with E-state index >= 15 is 0 Å². The second-order valence-electron chi connectivity index (χ2n) is 7.49. The van der Waals surface area contributed by atoms with Gasteiger partial charge in [0.1, 0.15) is 0 Å². The van der Waals surface area contributed by atoms with Crippen molar-refractivity contribution in [3.05, 3.63) is 35.4 Å². The Morgan fingerprint density at radius 1 is 1.39 bits per heavy atom. The molecule has 0 amide bonds. The lowest BCUT2D eigenvalue weighted by Crippen LogP contribution is -2.69. The Kier molecular flexibility index (Phi) is 2.36. The quantitative estimate of drug-likeness (QED) is 0.796. The Hall–Kier alpha value is -1.81. The maximum Gasteiger partial charge on any atom is 0.199 e. The number of carbonyl (C=O) groups is 1. The van der Waals surface area contributed by atoms with Crippen molar-refractivity contribution in [2.45, 2.75) is 36.8 Å². The summed E-state index contributed by atoms with van der Waals surface area (Å²) in [5.41, 5.74) is 1.51. The minimum atomic E-state index is -0.807. The Morgan fingerprint density at radius 3 is 3.00 bits per heavy atom. The average Bonchev–Trinajstić information content (AvgIpc) is 2.82. The van der Waals surface area contributed by atoms with Crippen molar-refractivity contribution < 1.29 is 14.3 Å². The molecule has 2 bridgehead atoms. The number of nitrogens with zero attached hydrogens (tertiary/aromatic N) is 1. The Labute approximate surface area is 136 Å². The fourth-order valence-corrected chi connectivity index (χ4v) is 5.62. The van der Waals surface area contributed by atoms with Crippen LogP contribution in [0.5, 0.6) is 11.5 Å². The molecule has 2 aliphatic heterocycles. The van der Waals surface area contributed by atoms with E-state index in [-0.39, 0.29) is 11.2 Å². The number of piperidine rings is 1. The minimum Gasteiger partial charge on any atom is -0.493 e. The molecule has 2 aliphatic carbocycles. The number of carbonyl (C=O) groups excluding carboxylic acids is 1. The molecule has 4 atom stereocenters. The predicted octanol–water partition coefficient (Wildman–Crippen LogP) is 2.10. The predicted molar refractivity (Wildman–Crippen MR) is 86.1 cm³/mol. The van der Waals surface area contributed by atoms with E-state index in [0.717, 1.165) is 30.9 Å². The highest BCUT2D eigenvalue weighted by atomic mass is 16.5. The van der Waals surface area contributed by atoms with Crippen molar-refractivity contribution in [1.82, 2.24) is 4.90 Å². The maximum absolute atomic E-state index is 12.9. The number of likely N-dealkylation sites (tertiary alicyclic amines) is 1. The lowest BCUT2D eigenvalue weighted by molar-refractivity contribution is -0.140. The van der Waals surface area contributed by atoms with Gasteiger partial charge in [0.05, 0.1) is 12.5 Å². The fraction of sp³-hybridized carbons (Fsp3) is 0.526. The molecule has 4 nitrogen and oxygen atoms in total. The number of methoxy groups -OCH3 is 1. The average molecular weight is 311 g/mol. The fourth-order valence-electron chi connectivity index (χ4n) is 5.62. The van der Waals surface area contributed by atoms with Crippen LogP contribution < -0.4 is 9.47 Å². The third-order valence-electron chi connectivity index (χ3n) is 6.79. The number of hydrogen-bond acceptors (Lipinski definition) is 4. The summed E-state index contributed by atoms with van der Waals surface area (Å²) in [5.74, 6) is 1.96. The van der Waals surface area contributed by atoms with Crippen LogP contribution in [0.1, 0.15) is 24.5 Å². The van der Waals surface area contributed by atoms with E-state index in [4.69, 9.17) is 9.47 Å². The highest BCUT2D eigenvalue weighted by Crippen LogP contribution is 2.65. The summed E-state index contributed by atoms with van der Waals surface area (Å²) in [7, 11) is 3.87. The molecule has 5 rings (SSSR count). The van der Waals surface area contributed by atoms with Crippen molar-refractivity contribution in [2.75, 3.05) is 20.7 Å². The van der Waals surface area contributed by atoms with Crippen LogP contribution in [-0.4, -0.2) is 43.0 Å². The molecule has 0 saturated carbocycles. The molecule has 120 valence electrons. The molecular weight excluding hydrogens is 290 g/mol. The standard InChI is InChI=1S/C19H21NO3/c1-18-15(21)7-5-12-13-10-11-4-6-14(22-3)17(23-18)16(11)19(12,18)8-9-20(13)2/h4-7,12-13H,8-10H2,1-3H3/t12-,13-,18-,19+/m1/s1. The molecule has 1 aromatic carbocycles. The second-order valence-corrected chi connectivity index (χ2v) is 7.49. The number of likely N-dealkylation sites (N-methyl/N-ethyl adjacent to an activating group) is 1. The summed E-state index contributed by atoms with van der Waals surface area (Å²) in [4.78, 5) is 15.3. The summed E-state index contributed by atoms with van der Waals surface area (Å²) in [6.07, 6.45) is 5.85. The number of hydrogen-bond donors (Lipinski definition) is 0. The van der Waals surface area contributed by atoms with Crippen molar-refractivity contribution in [3.63, 3.8) is 0 Å². The molecule has 1 saturated heterocycles. The molecule has 0 radical (unpaired) electrons. The third-order valence-corrected chi connectivity index (χ3v) is 6.79. The normalized spacial score (nSPS) is 39.9. The van der Waals surface area contributed by atoms with Crippen molar-refractivity contribution in [3.8, 4) is 11.5 Å². The highest BCUT2D eigenvalue weighted by molar-refractivity contribution is 6.01. The lowest BCUT2D eigenvalue weighted by Gasteiger charge is -2.58.